The van der Waals surface area contributed by atoms with Crippen molar-refractivity contribution < 1.29 is 14.3 Å². The smallest absolute Gasteiger partial charge is 0.337 e. The summed E-state index contributed by atoms with van der Waals surface area (Å²) < 4.78 is 5.28. The van der Waals surface area contributed by atoms with Crippen LogP contribution >= 0.6 is 11.8 Å². The Kier molecular flexibility index (Phi) is 7.90. The van der Waals surface area contributed by atoms with Gasteiger partial charge >= 0.3 is 5.97 Å². The Balaban J connectivity index is 2.41. The van der Waals surface area contributed by atoms with Gasteiger partial charge in [0.05, 0.1) is 33.9 Å². The number of dihydropyridines is 1. The van der Waals surface area contributed by atoms with E-state index in [9.17, 15) is 14.9 Å². The number of allylic oxidation sites excluding steroid dienone is 2. The standard InChI is InChI=1S/C23H27N3O3S/c1-6-12-29-22(28)19-15(2)25-21(30-14-18(27)26-23(3,4)5)17(13-24)20(19)16-10-8-7-9-11-16/h6-11,20,25H,1,12,14H2,2-5H3,(H,26,27)/t20-/m0/s1. The second-order valence-corrected chi connectivity index (χ2v) is 8.82. The van der Waals surface area contributed by atoms with Crippen LogP contribution in [0, 0.1) is 11.3 Å². The predicted molar refractivity (Wildman–Crippen MR) is 119 cm³/mol. The minimum Gasteiger partial charge on any atom is -0.458 e. The number of ether oxygens (including phenoxy) is 1. The normalized spacial score (nSPS) is 16.4. The molecule has 0 bridgehead atoms. The zero-order valence-electron chi connectivity index (χ0n) is 17.7. The number of carbonyl (C=O) groups is 2. The number of amides is 1. The first-order valence-corrected chi connectivity index (χ1v) is 10.5. The van der Waals surface area contributed by atoms with Gasteiger partial charge in [0.2, 0.25) is 5.91 Å². The highest BCUT2D eigenvalue weighted by Gasteiger charge is 2.35. The van der Waals surface area contributed by atoms with Crippen LogP contribution in [0.1, 0.15) is 39.2 Å². The summed E-state index contributed by atoms with van der Waals surface area (Å²) >= 11 is 1.24. The van der Waals surface area contributed by atoms with E-state index >= 15 is 0 Å². The monoisotopic (exact) mass is 425 g/mol. The summed E-state index contributed by atoms with van der Waals surface area (Å²) in [4.78, 5) is 25.0. The van der Waals surface area contributed by atoms with Gasteiger partial charge in [-0.2, -0.15) is 5.26 Å². The van der Waals surface area contributed by atoms with E-state index in [0.29, 0.717) is 21.9 Å². The molecule has 0 saturated heterocycles. The number of nitriles is 1. The molecular formula is C23H27N3O3S. The highest BCUT2D eigenvalue weighted by atomic mass is 32.2. The summed E-state index contributed by atoms with van der Waals surface area (Å²) in [5.41, 5.74) is 1.82. The summed E-state index contributed by atoms with van der Waals surface area (Å²) in [6, 6.07) is 11.6. The van der Waals surface area contributed by atoms with Gasteiger partial charge in [0.15, 0.2) is 0 Å². The second kappa shape index (κ2) is 10.2. The molecule has 0 fully saturated rings. The van der Waals surface area contributed by atoms with Crippen LogP contribution in [0.4, 0.5) is 0 Å². The van der Waals surface area contributed by atoms with Crippen LogP contribution in [0.3, 0.4) is 0 Å². The van der Waals surface area contributed by atoms with Gasteiger partial charge in [-0.05, 0) is 33.3 Å². The molecule has 1 aliphatic heterocycles. The molecule has 2 rings (SSSR count). The molecule has 0 unspecified atom stereocenters. The quantitative estimate of drug-likeness (QED) is 0.511. The zero-order valence-corrected chi connectivity index (χ0v) is 18.6. The molecule has 0 saturated carbocycles. The lowest BCUT2D eigenvalue weighted by atomic mass is 9.82. The van der Waals surface area contributed by atoms with E-state index in [0.717, 1.165) is 5.56 Å². The molecule has 1 amide bonds. The average molecular weight is 426 g/mol. The number of rotatable bonds is 7. The minimum atomic E-state index is -0.581. The molecule has 0 radical (unpaired) electrons. The number of hydrogen-bond donors (Lipinski definition) is 2. The third-order valence-electron chi connectivity index (χ3n) is 4.19. The van der Waals surface area contributed by atoms with Gasteiger partial charge in [0.25, 0.3) is 0 Å². The number of thioether (sulfide) groups is 1. The van der Waals surface area contributed by atoms with Crippen molar-refractivity contribution in [2.24, 2.45) is 0 Å². The molecule has 158 valence electrons. The van der Waals surface area contributed by atoms with Gasteiger partial charge in [0.1, 0.15) is 6.61 Å². The topological polar surface area (TPSA) is 91.2 Å². The average Bonchev–Trinajstić information content (AvgIpc) is 2.69. The molecule has 1 aliphatic rings. The Hall–Kier alpha value is -2.98. The van der Waals surface area contributed by atoms with Crippen molar-refractivity contribution >= 4 is 23.6 Å². The maximum absolute atomic E-state index is 12.8. The highest BCUT2D eigenvalue weighted by molar-refractivity contribution is 8.03. The number of carbonyl (C=O) groups excluding carboxylic acids is 2. The largest absolute Gasteiger partial charge is 0.458 e. The van der Waals surface area contributed by atoms with Crippen LogP contribution in [0.2, 0.25) is 0 Å². The third-order valence-corrected chi connectivity index (χ3v) is 5.21. The minimum absolute atomic E-state index is 0.0807. The lowest BCUT2D eigenvalue weighted by molar-refractivity contribution is -0.138. The lowest BCUT2D eigenvalue weighted by Crippen LogP contribution is -2.41. The molecule has 2 N–H and O–H groups in total. The molecule has 1 aromatic carbocycles. The van der Waals surface area contributed by atoms with E-state index < -0.39 is 11.9 Å². The molecule has 1 aromatic rings. The van der Waals surface area contributed by atoms with Crippen LogP contribution in [-0.4, -0.2) is 29.8 Å². The van der Waals surface area contributed by atoms with E-state index in [-0.39, 0.29) is 23.8 Å². The summed E-state index contributed by atoms with van der Waals surface area (Å²) in [7, 11) is 0. The first-order valence-electron chi connectivity index (χ1n) is 9.56. The Labute approximate surface area is 182 Å². The maximum Gasteiger partial charge on any atom is 0.337 e. The summed E-state index contributed by atoms with van der Waals surface area (Å²) in [5, 5.41) is 16.6. The fraction of sp³-hybridized carbons (Fsp3) is 0.348. The molecule has 0 aromatic heterocycles. The Bertz CT molecular complexity index is 921. The van der Waals surface area contributed by atoms with Gasteiger partial charge in [-0.3, -0.25) is 4.79 Å². The van der Waals surface area contributed by atoms with Gasteiger partial charge in [-0.1, -0.05) is 54.7 Å². The fourth-order valence-corrected chi connectivity index (χ4v) is 3.97. The van der Waals surface area contributed by atoms with Gasteiger partial charge in [0, 0.05) is 11.2 Å². The van der Waals surface area contributed by atoms with Gasteiger partial charge in [-0.15, -0.1) is 0 Å². The van der Waals surface area contributed by atoms with Crippen LogP contribution in [-0.2, 0) is 14.3 Å². The zero-order chi connectivity index (χ0) is 22.3. The first kappa shape index (κ1) is 23.3. The summed E-state index contributed by atoms with van der Waals surface area (Å²) in [6.45, 7) is 11.2. The number of hydrogen-bond acceptors (Lipinski definition) is 6. The molecule has 0 spiro atoms. The van der Waals surface area contributed by atoms with Crippen molar-refractivity contribution in [2.75, 3.05) is 12.4 Å². The number of esters is 1. The maximum atomic E-state index is 12.8. The van der Waals surface area contributed by atoms with Gasteiger partial charge < -0.3 is 15.4 Å². The molecule has 0 aliphatic carbocycles. The Morgan fingerprint density at radius 3 is 2.57 bits per heavy atom. The fourth-order valence-electron chi connectivity index (χ4n) is 3.08. The first-order chi connectivity index (χ1) is 14.2. The number of benzene rings is 1. The number of nitrogens with one attached hydrogen (secondary N) is 2. The SMILES string of the molecule is C=CCOC(=O)C1=C(C)NC(SCC(=O)NC(C)(C)C)=C(C#N)[C@@H]1c1ccccc1. The number of nitrogens with zero attached hydrogens (tertiary/aromatic N) is 1. The molecule has 30 heavy (non-hydrogen) atoms. The predicted octanol–water partition coefficient (Wildman–Crippen LogP) is 3.76. The van der Waals surface area contributed by atoms with E-state index in [1.54, 1.807) is 6.92 Å². The van der Waals surface area contributed by atoms with E-state index in [1.165, 1.54) is 17.8 Å². The summed E-state index contributed by atoms with van der Waals surface area (Å²) in [5.74, 6) is -1.07. The molecular weight excluding hydrogens is 398 g/mol. The second-order valence-electron chi connectivity index (χ2n) is 7.84. The van der Waals surface area contributed by atoms with Crippen LogP contribution in [0.5, 0.6) is 0 Å². The van der Waals surface area contributed by atoms with Crippen LogP contribution in [0.15, 0.2) is 64.9 Å². The Morgan fingerprint density at radius 2 is 2.00 bits per heavy atom. The molecule has 1 heterocycles. The molecule has 1 atom stereocenters. The highest BCUT2D eigenvalue weighted by Crippen LogP contribution is 2.40. The Morgan fingerprint density at radius 1 is 1.33 bits per heavy atom. The van der Waals surface area contributed by atoms with Crippen molar-refractivity contribution in [3.8, 4) is 6.07 Å². The van der Waals surface area contributed by atoms with Gasteiger partial charge in [-0.25, -0.2) is 4.79 Å². The summed E-state index contributed by atoms with van der Waals surface area (Å²) in [6.07, 6.45) is 1.50. The van der Waals surface area contributed by atoms with Crippen LogP contribution < -0.4 is 10.6 Å². The molecule has 7 heteroatoms. The third kappa shape index (κ3) is 6.01. The van der Waals surface area contributed by atoms with E-state index in [2.05, 4.69) is 23.3 Å². The van der Waals surface area contributed by atoms with E-state index in [1.807, 2.05) is 51.1 Å². The van der Waals surface area contributed by atoms with Crippen molar-refractivity contribution in [3.63, 3.8) is 0 Å². The lowest BCUT2D eigenvalue weighted by Gasteiger charge is -2.29. The van der Waals surface area contributed by atoms with Crippen molar-refractivity contribution in [3.05, 3.63) is 70.4 Å². The van der Waals surface area contributed by atoms with Crippen molar-refractivity contribution in [2.45, 2.75) is 39.2 Å². The molecule has 6 nitrogen and oxygen atoms in total. The van der Waals surface area contributed by atoms with Crippen molar-refractivity contribution in [1.82, 2.24) is 10.6 Å². The van der Waals surface area contributed by atoms with Crippen LogP contribution in [0.25, 0.3) is 0 Å². The van der Waals surface area contributed by atoms with E-state index in [4.69, 9.17) is 4.74 Å². The van der Waals surface area contributed by atoms with Crippen molar-refractivity contribution in [1.29, 1.82) is 5.26 Å².